The van der Waals surface area contributed by atoms with E-state index in [2.05, 4.69) is 0 Å². The van der Waals surface area contributed by atoms with Crippen molar-refractivity contribution in [3.63, 3.8) is 0 Å². The van der Waals surface area contributed by atoms with E-state index in [1.54, 1.807) is 15.9 Å². The molecule has 0 N–H and O–H groups in total. The van der Waals surface area contributed by atoms with E-state index in [0.29, 0.717) is 32.6 Å². The molecule has 4 nitrogen and oxygen atoms in total. The maximum atomic E-state index is 13.3. The van der Waals surface area contributed by atoms with Crippen molar-refractivity contribution in [2.24, 2.45) is 0 Å². The lowest BCUT2D eigenvalue weighted by molar-refractivity contribution is -0.130. The molecule has 1 aromatic rings. The largest absolute Gasteiger partial charge is 0.337 e. The van der Waals surface area contributed by atoms with Crippen LogP contribution in [0.25, 0.3) is 0 Å². The first-order valence-corrected chi connectivity index (χ1v) is 8.64. The summed E-state index contributed by atoms with van der Waals surface area (Å²) in [5.74, 6) is -0.196. The molecule has 1 aliphatic carbocycles. The highest BCUT2D eigenvalue weighted by molar-refractivity contribution is 5.94. The molecule has 1 fully saturated rings. The van der Waals surface area contributed by atoms with Crippen molar-refractivity contribution in [3.05, 3.63) is 47.3 Å². The molecule has 0 atom stereocenters. The Morgan fingerprint density at radius 2 is 2.00 bits per heavy atom. The summed E-state index contributed by atoms with van der Waals surface area (Å²) in [6.07, 6.45) is 6.40. The molecule has 5 heteroatoms. The second kappa shape index (κ2) is 7.60. The van der Waals surface area contributed by atoms with Gasteiger partial charge in [0.2, 0.25) is 11.8 Å². The van der Waals surface area contributed by atoms with Crippen molar-refractivity contribution in [2.75, 3.05) is 19.6 Å². The van der Waals surface area contributed by atoms with Gasteiger partial charge in [-0.1, -0.05) is 18.2 Å². The predicted octanol–water partition coefficient (Wildman–Crippen LogP) is 2.89. The second-order valence-corrected chi connectivity index (χ2v) is 6.46. The topological polar surface area (TPSA) is 40.6 Å². The Morgan fingerprint density at radius 3 is 2.75 bits per heavy atom. The van der Waals surface area contributed by atoms with Gasteiger partial charge in [0.05, 0.1) is 0 Å². The molecule has 1 aromatic carbocycles. The normalized spacial score (nSPS) is 19.0. The molecule has 1 aliphatic heterocycles. The number of hydrogen-bond acceptors (Lipinski definition) is 2. The first-order valence-electron chi connectivity index (χ1n) is 8.64. The summed E-state index contributed by atoms with van der Waals surface area (Å²) in [4.78, 5) is 28.4. The Hall–Kier alpha value is -2.17. The molecule has 0 aromatic heterocycles. The van der Waals surface area contributed by atoms with E-state index in [9.17, 15) is 14.0 Å². The van der Waals surface area contributed by atoms with Crippen LogP contribution in [-0.4, -0.2) is 41.2 Å². The predicted molar refractivity (Wildman–Crippen MR) is 89.6 cm³/mol. The lowest BCUT2D eigenvalue weighted by Gasteiger charge is -2.24. The minimum atomic E-state index is -0.296. The molecule has 2 amide bonds. The number of benzene rings is 1. The van der Waals surface area contributed by atoms with E-state index in [4.69, 9.17) is 0 Å². The Labute approximate surface area is 141 Å². The van der Waals surface area contributed by atoms with Gasteiger partial charge in [-0.25, -0.2) is 4.39 Å². The standard InChI is InChI=1S/C19H23FN2O2/c20-17-8-4-5-15(13-17)14-22-12-11-21(10-9-18(22)23)19(24)16-6-2-1-3-7-16/h4-6,8,13H,1-3,7,9-12,14H2. The fourth-order valence-corrected chi connectivity index (χ4v) is 3.33. The zero-order valence-electron chi connectivity index (χ0n) is 13.8. The molecular weight excluding hydrogens is 307 g/mol. The first kappa shape index (κ1) is 16.7. The van der Waals surface area contributed by atoms with Crippen molar-refractivity contribution in [1.29, 1.82) is 0 Å². The number of carbonyl (C=O) groups is 2. The van der Waals surface area contributed by atoms with E-state index in [0.717, 1.165) is 36.8 Å². The first-order chi connectivity index (χ1) is 11.6. The zero-order valence-corrected chi connectivity index (χ0v) is 13.8. The number of allylic oxidation sites excluding steroid dienone is 1. The van der Waals surface area contributed by atoms with E-state index < -0.39 is 0 Å². The van der Waals surface area contributed by atoms with Crippen molar-refractivity contribution < 1.29 is 14.0 Å². The lowest BCUT2D eigenvalue weighted by Crippen LogP contribution is -2.36. The van der Waals surface area contributed by atoms with Crippen LogP contribution in [0.3, 0.4) is 0 Å². The summed E-state index contributed by atoms with van der Waals surface area (Å²) in [5.41, 5.74) is 1.67. The van der Waals surface area contributed by atoms with Gasteiger partial charge in [-0.05, 0) is 43.4 Å². The monoisotopic (exact) mass is 330 g/mol. The van der Waals surface area contributed by atoms with Gasteiger partial charge in [0.15, 0.2) is 0 Å². The molecule has 0 spiro atoms. The van der Waals surface area contributed by atoms with Gasteiger partial charge >= 0.3 is 0 Å². The third-order valence-electron chi connectivity index (χ3n) is 4.70. The third kappa shape index (κ3) is 4.02. The number of hydrogen-bond donors (Lipinski definition) is 0. The fraction of sp³-hybridized carbons (Fsp3) is 0.474. The molecule has 128 valence electrons. The van der Waals surface area contributed by atoms with Gasteiger partial charge in [-0.2, -0.15) is 0 Å². The molecule has 0 bridgehead atoms. The van der Waals surface area contributed by atoms with Gasteiger partial charge in [0.1, 0.15) is 5.82 Å². The van der Waals surface area contributed by atoms with Gasteiger partial charge in [0.25, 0.3) is 0 Å². The van der Waals surface area contributed by atoms with Crippen molar-refractivity contribution in [1.82, 2.24) is 9.80 Å². The highest BCUT2D eigenvalue weighted by Crippen LogP contribution is 2.20. The van der Waals surface area contributed by atoms with Crippen molar-refractivity contribution >= 4 is 11.8 Å². The lowest BCUT2D eigenvalue weighted by atomic mass is 9.98. The Bertz CT molecular complexity index is 657. The minimum Gasteiger partial charge on any atom is -0.337 e. The molecule has 0 saturated carbocycles. The maximum Gasteiger partial charge on any atom is 0.249 e. The number of nitrogens with zero attached hydrogens (tertiary/aromatic N) is 2. The highest BCUT2D eigenvalue weighted by Gasteiger charge is 2.26. The van der Waals surface area contributed by atoms with Gasteiger partial charge in [0, 0.05) is 38.2 Å². The Balaban J connectivity index is 1.63. The van der Waals surface area contributed by atoms with Crippen LogP contribution in [0, 0.1) is 5.82 Å². The second-order valence-electron chi connectivity index (χ2n) is 6.46. The summed E-state index contributed by atoms with van der Waals surface area (Å²) < 4.78 is 13.3. The molecule has 2 aliphatic rings. The van der Waals surface area contributed by atoms with Crippen LogP contribution in [-0.2, 0) is 16.1 Å². The minimum absolute atomic E-state index is 0.0205. The average molecular weight is 330 g/mol. The SMILES string of the molecule is O=C1CCN(C(=O)C2=CCCCC2)CCN1Cc1cccc(F)c1. The van der Waals surface area contributed by atoms with Crippen LogP contribution in [0.1, 0.15) is 37.7 Å². The van der Waals surface area contributed by atoms with Crippen molar-refractivity contribution in [2.45, 2.75) is 38.6 Å². The average Bonchev–Trinajstić information content (AvgIpc) is 2.78. The molecule has 1 heterocycles. The number of amides is 2. The maximum absolute atomic E-state index is 13.3. The van der Waals surface area contributed by atoms with Gasteiger partial charge in [-0.15, -0.1) is 0 Å². The molecule has 0 unspecified atom stereocenters. The summed E-state index contributed by atoms with van der Waals surface area (Å²) in [7, 11) is 0. The van der Waals surface area contributed by atoms with E-state index in [1.165, 1.54) is 12.1 Å². The zero-order chi connectivity index (χ0) is 16.9. The number of rotatable bonds is 3. The molecule has 24 heavy (non-hydrogen) atoms. The molecule has 1 saturated heterocycles. The van der Waals surface area contributed by atoms with Crippen LogP contribution >= 0.6 is 0 Å². The van der Waals surface area contributed by atoms with E-state index >= 15 is 0 Å². The Morgan fingerprint density at radius 1 is 1.12 bits per heavy atom. The van der Waals surface area contributed by atoms with Crippen LogP contribution in [0.5, 0.6) is 0 Å². The van der Waals surface area contributed by atoms with Crippen molar-refractivity contribution in [3.8, 4) is 0 Å². The highest BCUT2D eigenvalue weighted by atomic mass is 19.1. The summed E-state index contributed by atoms with van der Waals surface area (Å²) >= 11 is 0. The number of halogens is 1. The van der Waals surface area contributed by atoms with Crippen LogP contribution < -0.4 is 0 Å². The summed E-state index contributed by atoms with van der Waals surface area (Å²) in [5, 5.41) is 0. The van der Waals surface area contributed by atoms with E-state index in [-0.39, 0.29) is 17.6 Å². The van der Waals surface area contributed by atoms with E-state index in [1.807, 2.05) is 12.1 Å². The van der Waals surface area contributed by atoms with Crippen LogP contribution in [0.15, 0.2) is 35.9 Å². The Kier molecular flexibility index (Phi) is 5.28. The molecule has 0 radical (unpaired) electrons. The molecule has 3 rings (SSSR count). The summed E-state index contributed by atoms with van der Waals surface area (Å²) in [6.45, 7) is 1.89. The van der Waals surface area contributed by atoms with Gasteiger partial charge in [-0.3, -0.25) is 9.59 Å². The smallest absolute Gasteiger partial charge is 0.249 e. The van der Waals surface area contributed by atoms with Crippen LogP contribution in [0.2, 0.25) is 0 Å². The quantitative estimate of drug-likeness (QED) is 0.855. The fourth-order valence-electron chi connectivity index (χ4n) is 3.33. The molecular formula is C19H23FN2O2. The third-order valence-corrected chi connectivity index (χ3v) is 4.70. The van der Waals surface area contributed by atoms with Crippen LogP contribution in [0.4, 0.5) is 4.39 Å². The van der Waals surface area contributed by atoms with Gasteiger partial charge < -0.3 is 9.80 Å². The number of carbonyl (C=O) groups excluding carboxylic acids is 2. The summed E-state index contributed by atoms with van der Waals surface area (Å²) in [6, 6.07) is 6.31.